The molecular formula is C25H27N3O2. The minimum atomic E-state index is -0.311. The maximum absolute atomic E-state index is 12.1. The van der Waals surface area contributed by atoms with Crippen molar-refractivity contribution in [1.82, 2.24) is 5.43 Å². The third kappa shape index (κ3) is 5.70. The number of hydrogen-bond acceptors (Lipinski definition) is 4. The van der Waals surface area contributed by atoms with Crippen molar-refractivity contribution in [3.8, 4) is 16.9 Å². The molecule has 1 amide bonds. The summed E-state index contributed by atoms with van der Waals surface area (Å²) in [5, 5.41) is 4.03. The molecule has 0 atom stereocenters. The number of para-hydroxylation sites is 1. The largest absolute Gasteiger partial charge is 0.483 e. The Morgan fingerprint density at radius 3 is 2.30 bits per heavy atom. The highest BCUT2D eigenvalue weighted by atomic mass is 16.5. The van der Waals surface area contributed by atoms with Gasteiger partial charge in [0, 0.05) is 24.3 Å². The number of benzene rings is 3. The average Bonchev–Trinajstić information content (AvgIpc) is 2.80. The highest BCUT2D eigenvalue weighted by molar-refractivity contribution is 5.83. The first-order valence-electron chi connectivity index (χ1n) is 10.2. The van der Waals surface area contributed by atoms with Crippen LogP contribution in [0.15, 0.2) is 84.0 Å². The molecule has 0 aliphatic heterocycles. The number of anilines is 1. The predicted molar refractivity (Wildman–Crippen MR) is 123 cm³/mol. The van der Waals surface area contributed by atoms with E-state index >= 15 is 0 Å². The molecule has 0 saturated carbocycles. The summed E-state index contributed by atoms with van der Waals surface area (Å²) in [6, 6.07) is 25.7. The number of nitrogens with zero attached hydrogens (tertiary/aromatic N) is 2. The van der Waals surface area contributed by atoms with Gasteiger partial charge in [0.1, 0.15) is 5.75 Å². The lowest BCUT2D eigenvalue weighted by Crippen LogP contribution is -2.24. The molecule has 30 heavy (non-hydrogen) atoms. The topological polar surface area (TPSA) is 53.9 Å². The van der Waals surface area contributed by atoms with E-state index < -0.39 is 0 Å². The average molecular weight is 402 g/mol. The highest BCUT2D eigenvalue weighted by Crippen LogP contribution is 2.29. The van der Waals surface area contributed by atoms with Crippen molar-refractivity contribution in [1.29, 1.82) is 0 Å². The maximum atomic E-state index is 12.1. The molecule has 0 aromatic heterocycles. The van der Waals surface area contributed by atoms with E-state index in [1.807, 2.05) is 66.7 Å². The van der Waals surface area contributed by atoms with E-state index in [0.29, 0.717) is 5.75 Å². The van der Waals surface area contributed by atoms with Gasteiger partial charge in [0.2, 0.25) is 0 Å². The molecule has 0 fully saturated rings. The van der Waals surface area contributed by atoms with Gasteiger partial charge < -0.3 is 9.64 Å². The first-order valence-corrected chi connectivity index (χ1v) is 10.2. The van der Waals surface area contributed by atoms with Crippen LogP contribution < -0.4 is 15.1 Å². The molecule has 3 aromatic rings. The monoisotopic (exact) mass is 401 g/mol. The van der Waals surface area contributed by atoms with Gasteiger partial charge in [0.25, 0.3) is 5.91 Å². The summed E-state index contributed by atoms with van der Waals surface area (Å²) in [6.45, 7) is 6.09. The molecule has 1 N–H and O–H groups in total. The molecule has 5 heteroatoms. The lowest BCUT2D eigenvalue weighted by molar-refractivity contribution is -0.123. The Morgan fingerprint density at radius 1 is 0.933 bits per heavy atom. The van der Waals surface area contributed by atoms with Gasteiger partial charge in [0.15, 0.2) is 6.61 Å². The molecule has 3 rings (SSSR count). The van der Waals surface area contributed by atoms with Gasteiger partial charge in [0.05, 0.1) is 6.21 Å². The number of hydrogen-bond donors (Lipinski definition) is 1. The fraction of sp³-hybridized carbons (Fsp3) is 0.200. The van der Waals surface area contributed by atoms with Crippen LogP contribution in [0.25, 0.3) is 11.1 Å². The zero-order valence-corrected chi connectivity index (χ0v) is 17.4. The molecule has 0 aliphatic rings. The van der Waals surface area contributed by atoms with E-state index in [0.717, 1.165) is 29.8 Å². The summed E-state index contributed by atoms with van der Waals surface area (Å²) < 4.78 is 5.73. The van der Waals surface area contributed by atoms with Crippen LogP contribution >= 0.6 is 0 Å². The van der Waals surface area contributed by atoms with Gasteiger partial charge in [-0.05, 0) is 43.2 Å². The third-order valence-electron chi connectivity index (χ3n) is 4.76. The molecule has 0 radical (unpaired) electrons. The molecule has 3 aromatic carbocycles. The van der Waals surface area contributed by atoms with Crippen LogP contribution in [0.4, 0.5) is 5.69 Å². The van der Waals surface area contributed by atoms with Gasteiger partial charge >= 0.3 is 0 Å². The molecule has 0 aliphatic carbocycles. The SMILES string of the molecule is CCN(CC)c1ccc(/C=N/NC(=O)COc2ccccc2-c2ccccc2)cc1. The van der Waals surface area contributed by atoms with Crippen LogP contribution in [-0.2, 0) is 4.79 Å². The summed E-state index contributed by atoms with van der Waals surface area (Å²) >= 11 is 0. The number of amides is 1. The van der Waals surface area contributed by atoms with Crippen LogP contribution in [0.5, 0.6) is 5.75 Å². The standard InChI is InChI=1S/C25H27N3O2/c1-3-28(4-2)22-16-14-20(15-17-22)18-26-27-25(29)19-30-24-13-9-8-12-23(24)21-10-6-5-7-11-21/h5-18H,3-4,19H2,1-2H3,(H,27,29)/b26-18+. The fourth-order valence-corrected chi connectivity index (χ4v) is 3.16. The zero-order chi connectivity index (χ0) is 21.2. The smallest absolute Gasteiger partial charge is 0.277 e. The summed E-state index contributed by atoms with van der Waals surface area (Å²) in [5.74, 6) is 0.351. The Bertz CT molecular complexity index is 965. The van der Waals surface area contributed by atoms with Gasteiger partial charge in [-0.25, -0.2) is 5.43 Å². The lowest BCUT2D eigenvalue weighted by atomic mass is 10.1. The molecular weight excluding hydrogens is 374 g/mol. The van der Waals surface area contributed by atoms with Crippen LogP contribution in [-0.4, -0.2) is 31.8 Å². The number of rotatable bonds is 9. The highest BCUT2D eigenvalue weighted by Gasteiger charge is 2.07. The number of carbonyl (C=O) groups is 1. The second-order valence-corrected chi connectivity index (χ2v) is 6.71. The Morgan fingerprint density at radius 2 is 1.60 bits per heavy atom. The van der Waals surface area contributed by atoms with Crippen molar-refractivity contribution < 1.29 is 9.53 Å². The minimum absolute atomic E-state index is 0.109. The predicted octanol–water partition coefficient (Wildman–Crippen LogP) is 4.73. The van der Waals surface area contributed by atoms with Crippen molar-refractivity contribution in [3.05, 3.63) is 84.4 Å². The summed E-state index contributed by atoms with van der Waals surface area (Å²) in [7, 11) is 0. The minimum Gasteiger partial charge on any atom is -0.483 e. The van der Waals surface area contributed by atoms with Crippen molar-refractivity contribution in [3.63, 3.8) is 0 Å². The molecule has 0 bridgehead atoms. The lowest BCUT2D eigenvalue weighted by Gasteiger charge is -2.20. The van der Waals surface area contributed by atoms with E-state index in [1.54, 1.807) is 6.21 Å². The van der Waals surface area contributed by atoms with Gasteiger partial charge in [-0.1, -0.05) is 60.7 Å². The molecule has 154 valence electrons. The molecule has 0 spiro atoms. The second-order valence-electron chi connectivity index (χ2n) is 6.71. The molecule has 0 unspecified atom stereocenters. The Hall–Kier alpha value is -3.60. The normalized spacial score (nSPS) is 10.7. The molecule has 5 nitrogen and oxygen atoms in total. The van der Waals surface area contributed by atoms with Crippen LogP contribution in [0, 0.1) is 0 Å². The zero-order valence-electron chi connectivity index (χ0n) is 17.4. The number of carbonyl (C=O) groups excluding carboxylic acids is 1. The summed E-state index contributed by atoms with van der Waals surface area (Å²) in [4.78, 5) is 14.4. The van der Waals surface area contributed by atoms with Crippen molar-refractivity contribution >= 4 is 17.8 Å². The number of ether oxygens (including phenoxy) is 1. The van der Waals surface area contributed by atoms with Crippen molar-refractivity contribution in [2.75, 3.05) is 24.6 Å². The van der Waals surface area contributed by atoms with E-state index in [1.165, 1.54) is 5.69 Å². The van der Waals surface area contributed by atoms with Crippen molar-refractivity contribution in [2.45, 2.75) is 13.8 Å². The van der Waals surface area contributed by atoms with Gasteiger partial charge in [-0.3, -0.25) is 4.79 Å². The first-order chi connectivity index (χ1) is 14.7. The van der Waals surface area contributed by atoms with Crippen molar-refractivity contribution in [2.24, 2.45) is 5.10 Å². The van der Waals surface area contributed by atoms with E-state index in [2.05, 4.69) is 41.4 Å². The molecule has 0 heterocycles. The van der Waals surface area contributed by atoms with Crippen LogP contribution in [0.1, 0.15) is 19.4 Å². The van der Waals surface area contributed by atoms with Crippen LogP contribution in [0.3, 0.4) is 0 Å². The van der Waals surface area contributed by atoms with E-state index in [-0.39, 0.29) is 12.5 Å². The van der Waals surface area contributed by atoms with Gasteiger partial charge in [-0.15, -0.1) is 0 Å². The van der Waals surface area contributed by atoms with Crippen LogP contribution in [0.2, 0.25) is 0 Å². The number of hydrazone groups is 1. The third-order valence-corrected chi connectivity index (χ3v) is 4.76. The maximum Gasteiger partial charge on any atom is 0.277 e. The summed E-state index contributed by atoms with van der Waals surface area (Å²) in [6.07, 6.45) is 1.63. The first kappa shape index (κ1) is 21.1. The van der Waals surface area contributed by atoms with E-state index in [9.17, 15) is 4.79 Å². The Kier molecular flexibility index (Phi) is 7.61. The quantitative estimate of drug-likeness (QED) is 0.417. The molecule has 0 saturated heterocycles. The summed E-state index contributed by atoms with van der Waals surface area (Å²) in [5.41, 5.74) is 6.59. The van der Waals surface area contributed by atoms with E-state index in [4.69, 9.17) is 4.74 Å². The second kappa shape index (κ2) is 10.8. The fourth-order valence-electron chi connectivity index (χ4n) is 3.16. The van der Waals surface area contributed by atoms with Gasteiger partial charge in [-0.2, -0.15) is 5.10 Å². The number of nitrogens with one attached hydrogen (secondary N) is 1. The Balaban J connectivity index is 1.54. The Labute approximate surface area is 178 Å².